The number of benzene rings is 3. The number of hydrogen-bond acceptors (Lipinski definition) is 3. The number of rotatable bonds is 9. The second-order valence-corrected chi connectivity index (χ2v) is 9.18. The van der Waals surface area contributed by atoms with E-state index in [-0.39, 0.29) is 0 Å². The zero-order chi connectivity index (χ0) is 24.1. The Hall–Kier alpha value is -3.17. The van der Waals surface area contributed by atoms with Gasteiger partial charge in [0.25, 0.3) is 0 Å². The van der Waals surface area contributed by atoms with E-state index < -0.39 is 0 Å². The van der Waals surface area contributed by atoms with Crippen molar-refractivity contribution in [3.05, 3.63) is 95.2 Å². The number of hydrogen-bond donors (Lipinski definition) is 1. The first-order valence-electron chi connectivity index (χ1n) is 12.5. The molecule has 0 radical (unpaired) electrons. The van der Waals surface area contributed by atoms with E-state index in [0.717, 1.165) is 60.1 Å². The first kappa shape index (κ1) is 24.0. The predicted octanol–water partition coefficient (Wildman–Crippen LogP) is 7.63. The molecule has 3 aromatic carbocycles. The molecule has 0 aliphatic heterocycles. The molecule has 1 heterocycles. The molecule has 176 valence electrons. The summed E-state index contributed by atoms with van der Waals surface area (Å²) in [4.78, 5) is 7.64. The van der Waals surface area contributed by atoms with Crippen LogP contribution in [0.5, 0.6) is 5.75 Å². The molecule has 0 bridgehead atoms. The third-order valence-electron chi connectivity index (χ3n) is 7.01. The molecule has 1 aromatic heterocycles. The molecule has 3 nitrogen and oxygen atoms in total. The fourth-order valence-electron chi connectivity index (χ4n) is 5.14. The van der Waals surface area contributed by atoms with Gasteiger partial charge in [0.1, 0.15) is 5.75 Å². The molecule has 0 aliphatic rings. The van der Waals surface area contributed by atoms with Crippen molar-refractivity contribution in [2.75, 3.05) is 13.1 Å². The van der Waals surface area contributed by atoms with Gasteiger partial charge in [0.05, 0.1) is 5.69 Å². The van der Waals surface area contributed by atoms with Gasteiger partial charge in [-0.25, -0.2) is 0 Å². The zero-order valence-electron chi connectivity index (χ0n) is 20.9. The van der Waals surface area contributed by atoms with Crippen molar-refractivity contribution in [3.63, 3.8) is 0 Å². The highest BCUT2D eigenvalue weighted by atomic mass is 16.3. The topological polar surface area (TPSA) is 36.4 Å². The maximum atomic E-state index is 10.4. The molecule has 3 heteroatoms. The van der Waals surface area contributed by atoms with Crippen LogP contribution in [0.1, 0.15) is 55.0 Å². The minimum Gasteiger partial charge on any atom is -0.508 e. The van der Waals surface area contributed by atoms with E-state index in [0.29, 0.717) is 11.8 Å². The van der Waals surface area contributed by atoms with Gasteiger partial charge in [0.15, 0.2) is 0 Å². The van der Waals surface area contributed by atoms with Crippen molar-refractivity contribution in [1.82, 2.24) is 9.88 Å². The maximum absolute atomic E-state index is 10.4. The molecule has 0 saturated carbocycles. The van der Waals surface area contributed by atoms with Gasteiger partial charge in [-0.15, -0.1) is 0 Å². The summed E-state index contributed by atoms with van der Waals surface area (Å²) in [5.41, 5.74) is 6.67. The number of phenols is 1. The van der Waals surface area contributed by atoms with Gasteiger partial charge in [-0.1, -0.05) is 80.9 Å². The number of fused-ring (bicyclic) bond motifs is 1. The molecule has 34 heavy (non-hydrogen) atoms. The summed E-state index contributed by atoms with van der Waals surface area (Å²) in [6.07, 6.45) is 5.34. The smallest absolute Gasteiger partial charge is 0.119 e. The van der Waals surface area contributed by atoms with Gasteiger partial charge >= 0.3 is 0 Å². The monoisotopic (exact) mass is 452 g/mol. The van der Waals surface area contributed by atoms with E-state index in [1.807, 2.05) is 13.0 Å². The van der Waals surface area contributed by atoms with Crippen LogP contribution in [0.4, 0.5) is 0 Å². The maximum Gasteiger partial charge on any atom is 0.119 e. The molecule has 4 aromatic rings. The quantitative estimate of drug-likeness (QED) is 0.284. The molecule has 0 fully saturated rings. The summed E-state index contributed by atoms with van der Waals surface area (Å²) in [6.45, 7) is 10.6. The summed E-state index contributed by atoms with van der Waals surface area (Å²) in [6, 6.07) is 23.4. The van der Waals surface area contributed by atoms with E-state index in [1.165, 1.54) is 16.5 Å². The summed E-state index contributed by atoms with van der Waals surface area (Å²) >= 11 is 0. The van der Waals surface area contributed by atoms with Crippen molar-refractivity contribution < 1.29 is 5.11 Å². The minimum atomic E-state index is 0.316. The highest BCUT2D eigenvalue weighted by Gasteiger charge is 2.23. The lowest BCUT2D eigenvalue weighted by molar-refractivity contribution is 0.199. The first-order valence-corrected chi connectivity index (χ1v) is 12.5. The minimum absolute atomic E-state index is 0.316. The Labute approximate surface area is 204 Å². The first-order chi connectivity index (χ1) is 16.5. The number of aromatic hydroxyl groups is 1. The zero-order valence-corrected chi connectivity index (χ0v) is 20.9. The standard InChI is InChI=1S/C31H36N2O/c1-5-12-28(33(6-2)20-19-24-13-8-7-9-14-24)27-21-32-31(26-16-11-10-15-25(26)27)30-22(3)17-18-29(34)23(30)4/h7-11,13-18,21,28,34H,5-6,12,19-20H2,1-4H3. The number of aryl methyl sites for hydroxylation is 1. The SMILES string of the molecule is CCCC(c1cnc(-c2c(C)ccc(O)c2C)c2ccccc12)N(CC)CCc1ccccc1. The largest absolute Gasteiger partial charge is 0.508 e. The highest BCUT2D eigenvalue weighted by molar-refractivity contribution is 5.98. The van der Waals surface area contributed by atoms with Crippen molar-refractivity contribution in [1.29, 1.82) is 0 Å². The lowest BCUT2D eigenvalue weighted by atomic mass is 9.91. The van der Waals surface area contributed by atoms with Gasteiger partial charge in [0, 0.05) is 35.3 Å². The number of nitrogens with zero attached hydrogens (tertiary/aromatic N) is 2. The fourth-order valence-corrected chi connectivity index (χ4v) is 5.14. The van der Waals surface area contributed by atoms with Gasteiger partial charge < -0.3 is 5.11 Å². The molecule has 0 spiro atoms. The molecular weight excluding hydrogens is 416 g/mol. The summed E-state index contributed by atoms with van der Waals surface area (Å²) in [5.74, 6) is 0.317. The van der Waals surface area contributed by atoms with E-state index in [1.54, 1.807) is 6.07 Å². The Bertz CT molecular complexity index is 1250. The average Bonchev–Trinajstić information content (AvgIpc) is 2.87. The van der Waals surface area contributed by atoms with Gasteiger partial charge in [-0.3, -0.25) is 9.88 Å². The molecule has 1 atom stereocenters. The van der Waals surface area contributed by atoms with Crippen molar-refractivity contribution in [3.8, 4) is 17.0 Å². The Balaban J connectivity index is 1.78. The second kappa shape index (κ2) is 10.8. The van der Waals surface area contributed by atoms with Gasteiger partial charge in [0.2, 0.25) is 0 Å². The Morgan fingerprint density at radius 1 is 0.882 bits per heavy atom. The predicted molar refractivity (Wildman–Crippen MR) is 143 cm³/mol. The van der Waals surface area contributed by atoms with E-state index in [9.17, 15) is 5.11 Å². The third-order valence-corrected chi connectivity index (χ3v) is 7.01. The lowest BCUT2D eigenvalue weighted by Crippen LogP contribution is -2.31. The Morgan fingerprint density at radius 2 is 1.59 bits per heavy atom. The van der Waals surface area contributed by atoms with E-state index >= 15 is 0 Å². The Kier molecular flexibility index (Phi) is 7.64. The molecule has 1 N–H and O–H groups in total. The van der Waals surface area contributed by atoms with Gasteiger partial charge in [-0.2, -0.15) is 0 Å². The summed E-state index contributed by atoms with van der Waals surface area (Å²) < 4.78 is 0. The van der Waals surface area contributed by atoms with Crippen molar-refractivity contribution in [2.24, 2.45) is 0 Å². The molecule has 4 rings (SSSR count). The molecule has 1 unspecified atom stereocenters. The number of aromatic nitrogens is 1. The molecular formula is C31H36N2O. The van der Waals surface area contributed by atoms with Crippen molar-refractivity contribution in [2.45, 2.75) is 53.0 Å². The number of pyridine rings is 1. The molecule has 0 aliphatic carbocycles. The highest BCUT2D eigenvalue weighted by Crippen LogP contribution is 2.39. The van der Waals surface area contributed by atoms with Crippen LogP contribution >= 0.6 is 0 Å². The van der Waals surface area contributed by atoms with Crippen LogP contribution in [0.15, 0.2) is 72.9 Å². The van der Waals surface area contributed by atoms with Gasteiger partial charge in [-0.05, 0) is 61.4 Å². The van der Waals surface area contributed by atoms with Crippen LogP contribution in [-0.4, -0.2) is 28.1 Å². The lowest BCUT2D eigenvalue weighted by Gasteiger charge is -2.32. The van der Waals surface area contributed by atoms with E-state index in [4.69, 9.17) is 4.98 Å². The van der Waals surface area contributed by atoms with Crippen molar-refractivity contribution >= 4 is 10.8 Å². The molecule has 0 saturated heterocycles. The second-order valence-electron chi connectivity index (χ2n) is 9.18. The summed E-state index contributed by atoms with van der Waals surface area (Å²) in [7, 11) is 0. The number of likely N-dealkylation sites (N-methyl/N-ethyl adjacent to an activating group) is 1. The van der Waals surface area contributed by atoms with Crippen LogP contribution < -0.4 is 0 Å². The van der Waals surface area contributed by atoms with Crippen LogP contribution in [0.25, 0.3) is 22.0 Å². The normalized spacial score (nSPS) is 12.4. The van der Waals surface area contributed by atoms with Crippen LogP contribution in [0, 0.1) is 13.8 Å². The summed E-state index contributed by atoms with van der Waals surface area (Å²) in [5, 5.41) is 12.8. The third kappa shape index (κ3) is 4.85. The Morgan fingerprint density at radius 3 is 2.29 bits per heavy atom. The molecule has 0 amide bonds. The number of phenolic OH excluding ortho intramolecular Hbond substituents is 1. The van der Waals surface area contributed by atoms with Crippen LogP contribution in [0.2, 0.25) is 0 Å². The fraction of sp³-hybridized carbons (Fsp3) is 0.323. The van der Waals surface area contributed by atoms with Crippen LogP contribution in [-0.2, 0) is 6.42 Å². The van der Waals surface area contributed by atoms with E-state index in [2.05, 4.69) is 86.5 Å². The van der Waals surface area contributed by atoms with Crippen LogP contribution in [0.3, 0.4) is 0 Å². The average molecular weight is 453 g/mol.